The maximum Gasteiger partial charge on any atom is 0.472 e. The highest BCUT2D eigenvalue weighted by molar-refractivity contribution is 7.47. The van der Waals surface area contributed by atoms with Gasteiger partial charge in [-0.2, -0.15) is 0 Å². The zero-order chi connectivity index (χ0) is 27.8. The zero-order valence-electron chi connectivity index (χ0n) is 23.1. The fraction of sp³-hybridized carbons (Fsp3) is 0.923. The average molecular weight is 554 g/mol. The highest BCUT2D eigenvalue weighted by Crippen LogP contribution is 2.43. The Labute approximate surface area is 223 Å². The van der Waals surface area contributed by atoms with Gasteiger partial charge in [0.15, 0.2) is 0 Å². The molecule has 0 aromatic carbocycles. The second-order valence-corrected chi connectivity index (χ2v) is 11.0. The Balaban J connectivity index is 4.44. The van der Waals surface area contributed by atoms with Crippen molar-refractivity contribution in [3.63, 3.8) is 0 Å². The quantitative estimate of drug-likeness (QED) is 0.0651. The molecule has 0 bridgehead atoms. The van der Waals surface area contributed by atoms with Crippen molar-refractivity contribution in [3.8, 4) is 0 Å². The SMILES string of the molecule is CCCCCCCCCCOCC(COP(=O)(O)OCC(N)C(=O)O)OC(=O)CCCCCCCCC. The van der Waals surface area contributed by atoms with Gasteiger partial charge in [-0.05, 0) is 12.8 Å². The fourth-order valence-electron chi connectivity index (χ4n) is 3.60. The van der Waals surface area contributed by atoms with Gasteiger partial charge in [0.2, 0.25) is 0 Å². The van der Waals surface area contributed by atoms with Crippen molar-refractivity contribution in [2.75, 3.05) is 26.4 Å². The second kappa shape index (κ2) is 24.0. The molecule has 3 unspecified atom stereocenters. The van der Waals surface area contributed by atoms with E-state index in [-0.39, 0.29) is 13.0 Å². The number of hydrogen-bond acceptors (Lipinski definition) is 8. The summed E-state index contributed by atoms with van der Waals surface area (Å²) in [6.45, 7) is 3.76. The van der Waals surface area contributed by atoms with Crippen LogP contribution in [0.25, 0.3) is 0 Å². The standard InChI is InChI=1S/C26H52NO9P/c1-3-5-7-9-11-13-15-17-19-33-20-23(21-34-37(31,32)35-22-24(27)26(29)30)36-25(28)18-16-14-12-10-8-6-4-2/h23-24H,3-22,27H2,1-2H3,(H,29,30)(H,31,32). The first-order valence-electron chi connectivity index (χ1n) is 14.1. The Bertz CT molecular complexity index is 621. The Morgan fingerprint density at radius 2 is 1.24 bits per heavy atom. The summed E-state index contributed by atoms with van der Waals surface area (Å²) in [5.74, 6) is -1.79. The van der Waals surface area contributed by atoms with E-state index >= 15 is 0 Å². The van der Waals surface area contributed by atoms with E-state index in [1.165, 1.54) is 51.4 Å². The number of unbranched alkanes of at least 4 members (excludes halogenated alkanes) is 13. The van der Waals surface area contributed by atoms with E-state index in [0.29, 0.717) is 13.0 Å². The minimum Gasteiger partial charge on any atom is -0.480 e. The average Bonchev–Trinajstić information content (AvgIpc) is 2.86. The molecule has 0 aliphatic heterocycles. The Morgan fingerprint density at radius 3 is 1.78 bits per heavy atom. The van der Waals surface area contributed by atoms with Gasteiger partial charge in [-0.25, -0.2) is 4.57 Å². The van der Waals surface area contributed by atoms with Crippen LogP contribution in [-0.4, -0.2) is 60.5 Å². The van der Waals surface area contributed by atoms with Crippen LogP contribution >= 0.6 is 7.82 Å². The first kappa shape index (κ1) is 36.0. The van der Waals surface area contributed by atoms with Gasteiger partial charge in [0.25, 0.3) is 0 Å². The molecular weight excluding hydrogens is 501 g/mol. The van der Waals surface area contributed by atoms with Gasteiger partial charge in [-0.15, -0.1) is 0 Å². The molecule has 0 saturated heterocycles. The maximum atomic E-state index is 12.3. The lowest BCUT2D eigenvalue weighted by Crippen LogP contribution is -2.34. The van der Waals surface area contributed by atoms with Crippen LogP contribution in [0.3, 0.4) is 0 Å². The minimum atomic E-state index is -4.58. The van der Waals surface area contributed by atoms with Crippen molar-refractivity contribution >= 4 is 19.8 Å². The highest BCUT2D eigenvalue weighted by Gasteiger charge is 2.27. The summed E-state index contributed by atoms with van der Waals surface area (Å²) in [7, 11) is -4.58. The summed E-state index contributed by atoms with van der Waals surface area (Å²) < 4.78 is 32.7. The summed E-state index contributed by atoms with van der Waals surface area (Å²) >= 11 is 0. The summed E-state index contributed by atoms with van der Waals surface area (Å²) in [5.41, 5.74) is 5.28. The molecule has 0 spiro atoms. The molecular formula is C26H52NO9P. The van der Waals surface area contributed by atoms with Crippen LogP contribution in [-0.2, 0) is 32.7 Å². The summed E-state index contributed by atoms with van der Waals surface area (Å²) in [6.07, 6.45) is 16.2. The number of ether oxygens (including phenoxy) is 2. The smallest absolute Gasteiger partial charge is 0.472 e. The lowest BCUT2D eigenvalue weighted by atomic mass is 10.1. The van der Waals surface area contributed by atoms with E-state index in [2.05, 4.69) is 18.4 Å². The predicted octanol–water partition coefficient (Wildman–Crippen LogP) is 5.74. The van der Waals surface area contributed by atoms with Crippen molar-refractivity contribution in [3.05, 3.63) is 0 Å². The number of aliphatic carboxylic acids is 1. The van der Waals surface area contributed by atoms with Crippen molar-refractivity contribution in [1.29, 1.82) is 0 Å². The molecule has 4 N–H and O–H groups in total. The zero-order valence-corrected chi connectivity index (χ0v) is 24.0. The first-order valence-corrected chi connectivity index (χ1v) is 15.6. The number of esters is 1. The minimum absolute atomic E-state index is 0.0217. The van der Waals surface area contributed by atoms with Crippen molar-refractivity contribution < 1.29 is 42.7 Å². The Morgan fingerprint density at radius 1 is 0.757 bits per heavy atom. The largest absolute Gasteiger partial charge is 0.480 e. The maximum absolute atomic E-state index is 12.3. The van der Waals surface area contributed by atoms with Crippen LogP contribution in [0.5, 0.6) is 0 Å². The number of phosphoric acid groups is 1. The monoisotopic (exact) mass is 553 g/mol. The lowest BCUT2D eigenvalue weighted by Gasteiger charge is -2.20. The van der Waals surface area contributed by atoms with Gasteiger partial charge in [-0.1, -0.05) is 97.3 Å². The molecule has 0 amide bonds. The number of rotatable bonds is 27. The van der Waals surface area contributed by atoms with Gasteiger partial charge in [0, 0.05) is 13.0 Å². The Kier molecular flexibility index (Phi) is 23.4. The number of carboxylic acids is 1. The molecule has 0 radical (unpaired) electrons. The predicted molar refractivity (Wildman–Crippen MR) is 143 cm³/mol. The third-order valence-electron chi connectivity index (χ3n) is 5.89. The van der Waals surface area contributed by atoms with E-state index in [4.69, 9.17) is 24.8 Å². The molecule has 3 atom stereocenters. The summed E-state index contributed by atoms with van der Waals surface area (Å²) in [4.78, 5) is 32.9. The third kappa shape index (κ3) is 23.8. The molecule has 0 heterocycles. The molecule has 11 heteroatoms. The van der Waals surface area contributed by atoms with Crippen LogP contribution in [0.2, 0.25) is 0 Å². The normalized spacial score (nSPS) is 14.7. The van der Waals surface area contributed by atoms with Crippen molar-refractivity contribution in [2.45, 2.75) is 129 Å². The molecule has 0 aliphatic rings. The Hall–Kier alpha value is -1.03. The van der Waals surface area contributed by atoms with Gasteiger partial charge in [-0.3, -0.25) is 18.6 Å². The van der Waals surface area contributed by atoms with E-state index in [9.17, 15) is 19.0 Å². The number of phosphoric ester groups is 1. The number of carboxylic acid groups (broad SMARTS) is 1. The van der Waals surface area contributed by atoms with Crippen molar-refractivity contribution in [1.82, 2.24) is 0 Å². The lowest BCUT2D eigenvalue weighted by molar-refractivity contribution is -0.154. The molecule has 0 aromatic rings. The summed E-state index contributed by atoms with van der Waals surface area (Å²) in [6, 6.07) is -1.46. The van der Waals surface area contributed by atoms with E-state index < -0.39 is 45.1 Å². The molecule has 37 heavy (non-hydrogen) atoms. The van der Waals surface area contributed by atoms with Crippen molar-refractivity contribution in [2.24, 2.45) is 5.73 Å². The number of carbonyl (C=O) groups is 2. The first-order chi connectivity index (χ1) is 17.7. The van der Waals surface area contributed by atoms with Crippen LogP contribution in [0.15, 0.2) is 0 Å². The molecule has 0 saturated carbocycles. The van der Waals surface area contributed by atoms with Crippen LogP contribution < -0.4 is 5.73 Å². The van der Waals surface area contributed by atoms with E-state index in [1.807, 2.05) is 0 Å². The molecule has 10 nitrogen and oxygen atoms in total. The fourth-order valence-corrected chi connectivity index (χ4v) is 4.38. The summed E-state index contributed by atoms with van der Waals surface area (Å²) in [5, 5.41) is 8.77. The van der Waals surface area contributed by atoms with Crippen LogP contribution in [0.4, 0.5) is 0 Å². The topological polar surface area (TPSA) is 155 Å². The highest BCUT2D eigenvalue weighted by atomic mass is 31.2. The van der Waals surface area contributed by atoms with Gasteiger partial charge in [0.1, 0.15) is 12.1 Å². The molecule has 220 valence electrons. The van der Waals surface area contributed by atoms with Crippen LogP contribution in [0, 0.1) is 0 Å². The molecule has 0 aliphatic carbocycles. The van der Waals surface area contributed by atoms with E-state index in [1.54, 1.807) is 0 Å². The second-order valence-electron chi connectivity index (χ2n) is 9.54. The third-order valence-corrected chi connectivity index (χ3v) is 6.84. The van der Waals surface area contributed by atoms with Crippen LogP contribution in [0.1, 0.15) is 117 Å². The van der Waals surface area contributed by atoms with Gasteiger partial charge >= 0.3 is 19.8 Å². The molecule has 0 aromatic heterocycles. The number of hydrogen-bond donors (Lipinski definition) is 3. The molecule has 0 rings (SSSR count). The van der Waals surface area contributed by atoms with Gasteiger partial charge in [0.05, 0.1) is 19.8 Å². The van der Waals surface area contributed by atoms with E-state index in [0.717, 1.165) is 38.5 Å². The number of nitrogens with two attached hydrogens (primary N) is 1. The number of carbonyl (C=O) groups excluding carboxylic acids is 1. The van der Waals surface area contributed by atoms with Gasteiger partial charge < -0.3 is 25.2 Å². The molecule has 0 fully saturated rings.